The second-order valence-corrected chi connectivity index (χ2v) is 2.50. The number of nitrogens with zero attached hydrogens (tertiary/aromatic N) is 4. The Morgan fingerprint density at radius 1 is 1.43 bits per heavy atom. The Morgan fingerprint density at radius 3 is 3.07 bits per heavy atom. The molecule has 0 saturated heterocycles. The summed E-state index contributed by atoms with van der Waals surface area (Å²) in [6, 6.07) is 1.70. The lowest BCUT2D eigenvalue weighted by Gasteiger charge is -2.01. The zero-order valence-corrected chi connectivity index (χ0v) is 7.21. The third-order valence-corrected chi connectivity index (χ3v) is 1.51. The molecule has 0 bridgehead atoms. The minimum Gasteiger partial charge on any atom is -0.368 e. The van der Waals surface area contributed by atoms with Gasteiger partial charge in [-0.2, -0.15) is 9.97 Å². The summed E-state index contributed by atoms with van der Waals surface area (Å²) >= 11 is 0. The largest absolute Gasteiger partial charge is 0.368 e. The second-order valence-electron chi connectivity index (χ2n) is 2.50. The van der Waals surface area contributed by atoms with E-state index in [1.54, 1.807) is 12.3 Å². The Bertz CT molecular complexity index is 400. The standard InChI is InChI=1S/C7H8N6O/c8-7-9-2-1-5(12-7)10-3-6-11-4-14-13-6/h1-2,4H,3H2,(H3,8,9,10,12). The summed E-state index contributed by atoms with van der Waals surface area (Å²) in [7, 11) is 0. The zero-order chi connectivity index (χ0) is 9.80. The van der Waals surface area contributed by atoms with Gasteiger partial charge < -0.3 is 15.6 Å². The highest BCUT2D eigenvalue weighted by molar-refractivity contribution is 5.37. The molecule has 2 rings (SSSR count). The molecule has 0 radical (unpaired) electrons. The average Bonchev–Trinajstić information content (AvgIpc) is 2.67. The van der Waals surface area contributed by atoms with E-state index in [1.807, 2.05) is 0 Å². The Hall–Kier alpha value is -2.18. The Kier molecular flexibility index (Phi) is 2.22. The third-order valence-electron chi connectivity index (χ3n) is 1.51. The van der Waals surface area contributed by atoms with Crippen molar-refractivity contribution in [3.63, 3.8) is 0 Å². The van der Waals surface area contributed by atoms with Crippen LogP contribution >= 0.6 is 0 Å². The fraction of sp³-hybridized carbons (Fsp3) is 0.143. The summed E-state index contributed by atoms with van der Waals surface area (Å²) in [6.45, 7) is 0.437. The first-order chi connectivity index (χ1) is 6.84. The van der Waals surface area contributed by atoms with Gasteiger partial charge in [-0.1, -0.05) is 5.16 Å². The Labute approximate surface area is 79.4 Å². The smallest absolute Gasteiger partial charge is 0.221 e. The van der Waals surface area contributed by atoms with Crippen molar-refractivity contribution in [2.45, 2.75) is 6.54 Å². The number of nitrogens with two attached hydrogens (primary N) is 1. The SMILES string of the molecule is Nc1nccc(NCc2ncon2)n1. The first kappa shape index (κ1) is 8.42. The minimum absolute atomic E-state index is 0.225. The molecule has 0 spiro atoms. The van der Waals surface area contributed by atoms with Crippen molar-refractivity contribution in [2.75, 3.05) is 11.1 Å². The van der Waals surface area contributed by atoms with Crippen LogP contribution in [0.15, 0.2) is 23.2 Å². The minimum atomic E-state index is 0.225. The molecule has 0 aliphatic carbocycles. The van der Waals surface area contributed by atoms with Gasteiger partial charge in [-0.05, 0) is 6.07 Å². The molecule has 7 heteroatoms. The van der Waals surface area contributed by atoms with E-state index in [2.05, 4.69) is 29.9 Å². The van der Waals surface area contributed by atoms with Crippen LogP contribution in [0.5, 0.6) is 0 Å². The van der Waals surface area contributed by atoms with Crippen molar-refractivity contribution in [3.8, 4) is 0 Å². The van der Waals surface area contributed by atoms with Crippen molar-refractivity contribution in [3.05, 3.63) is 24.5 Å². The van der Waals surface area contributed by atoms with Crippen molar-refractivity contribution >= 4 is 11.8 Å². The van der Waals surface area contributed by atoms with Crippen molar-refractivity contribution in [1.29, 1.82) is 0 Å². The molecule has 0 aliphatic heterocycles. The van der Waals surface area contributed by atoms with Crippen LogP contribution in [0, 0.1) is 0 Å². The lowest BCUT2D eigenvalue weighted by molar-refractivity contribution is 0.411. The highest BCUT2D eigenvalue weighted by Gasteiger charge is 1.99. The van der Waals surface area contributed by atoms with Crippen LogP contribution in [-0.4, -0.2) is 20.1 Å². The summed E-state index contributed by atoms with van der Waals surface area (Å²) in [6.07, 6.45) is 2.84. The molecule has 3 N–H and O–H groups in total. The molecule has 0 saturated carbocycles. The maximum Gasteiger partial charge on any atom is 0.221 e. The topological polar surface area (TPSA) is 103 Å². The Morgan fingerprint density at radius 2 is 2.36 bits per heavy atom. The van der Waals surface area contributed by atoms with E-state index in [-0.39, 0.29) is 5.95 Å². The van der Waals surface area contributed by atoms with Crippen LogP contribution < -0.4 is 11.1 Å². The third kappa shape index (κ3) is 1.94. The molecule has 2 heterocycles. The van der Waals surface area contributed by atoms with Gasteiger partial charge in [0.2, 0.25) is 12.3 Å². The fourth-order valence-electron chi connectivity index (χ4n) is 0.912. The van der Waals surface area contributed by atoms with Crippen LogP contribution in [-0.2, 0) is 6.54 Å². The van der Waals surface area contributed by atoms with E-state index in [1.165, 1.54) is 6.39 Å². The number of hydrogen-bond acceptors (Lipinski definition) is 7. The number of aromatic nitrogens is 4. The van der Waals surface area contributed by atoms with E-state index < -0.39 is 0 Å². The molecule has 0 atom stereocenters. The molecular weight excluding hydrogens is 184 g/mol. The predicted molar refractivity (Wildman–Crippen MR) is 48.1 cm³/mol. The van der Waals surface area contributed by atoms with Gasteiger partial charge in [0.1, 0.15) is 5.82 Å². The van der Waals surface area contributed by atoms with Gasteiger partial charge in [0, 0.05) is 6.20 Å². The van der Waals surface area contributed by atoms with Gasteiger partial charge in [-0.3, -0.25) is 0 Å². The van der Waals surface area contributed by atoms with E-state index >= 15 is 0 Å². The van der Waals surface area contributed by atoms with Crippen LogP contribution in [0.1, 0.15) is 5.82 Å². The first-order valence-corrected chi connectivity index (χ1v) is 3.92. The van der Waals surface area contributed by atoms with Crippen molar-refractivity contribution in [2.24, 2.45) is 0 Å². The molecule has 0 unspecified atom stereocenters. The fourth-order valence-corrected chi connectivity index (χ4v) is 0.912. The number of nitrogen functional groups attached to an aromatic ring is 1. The summed E-state index contributed by atoms with van der Waals surface area (Å²) in [5, 5.41) is 6.60. The maximum absolute atomic E-state index is 5.40. The molecule has 0 aromatic carbocycles. The lowest BCUT2D eigenvalue weighted by atomic mass is 10.5. The van der Waals surface area contributed by atoms with Crippen LogP contribution in [0.25, 0.3) is 0 Å². The average molecular weight is 192 g/mol. The summed E-state index contributed by atoms with van der Waals surface area (Å²) < 4.78 is 4.57. The van der Waals surface area contributed by atoms with Gasteiger partial charge in [0.15, 0.2) is 5.82 Å². The summed E-state index contributed by atoms with van der Waals surface area (Å²) in [4.78, 5) is 11.5. The van der Waals surface area contributed by atoms with Gasteiger partial charge in [-0.15, -0.1) is 0 Å². The molecule has 0 aliphatic rings. The number of nitrogens with one attached hydrogen (secondary N) is 1. The predicted octanol–water partition coefficient (Wildman–Crippen LogP) is 0.0539. The highest BCUT2D eigenvalue weighted by Crippen LogP contribution is 2.03. The number of hydrogen-bond donors (Lipinski definition) is 2. The van der Waals surface area contributed by atoms with Gasteiger partial charge >= 0.3 is 0 Å². The molecule has 2 aromatic heterocycles. The van der Waals surface area contributed by atoms with Gasteiger partial charge in [-0.25, -0.2) is 4.98 Å². The van der Waals surface area contributed by atoms with Crippen LogP contribution in [0.3, 0.4) is 0 Å². The second kappa shape index (κ2) is 3.69. The molecule has 2 aromatic rings. The molecule has 0 amide bonds. The van der Waals surface area contributed by atoms with E-state index in [9.17, 15) is 0 Å². The van der Waals surface area contributed by atoms with E-state index in [0.29, 0.717) is 18.2 Å². The first-order valence-electron chi connectivity index (χ1n) is 3.92. The monoisotopic (exact) mass is 192 g/mol. The van der Waals surface area contributed by atoms with Gasteiger partial charge in [0.05, 0.1) is 6.54 Å². The number of rotatable bonds is 3. The van der Waals surface area contributed by atoms with E-state index in [4.69, 9.17) is 5.73 Å². The highest BCUT2D eigenvalue weighted by atomic mass is 16.5. The quantitative estimate of drug-likeness (QED) is 0.708. The van der Waals surface area contributed by atoms with E-state index in [0.717, 1.165) is 0 Å². The Balaban J connectivity index is 1.98. The maximum atomic E-state index is 5.40. The number of anilines is 2. The zero-order valence-electron chi connectivity index (χ0n) is 7.21. The molecule has 7 nitrogen and oxygen atoms in total. The summed E-state index contributed by atoms with van der Waals surface area (Å²) in [5.41, 5.74) is 5.40. The summed E-state index contributed by atoms with van der Waals surface area (Å²) in [5.74, 6) is 1.41. The lowest BCUT2D eigenvalue weighted by Crippen LogP contribution is -2.04. The normalized spacial score (nSPS) is 10.0. The molecule has 0 fully saturated rings. The van der Waals surface area contributed by atoms with Crippen LogP contribution in [0.2, 0.25) is 0 Å². The van der Waals surface area contributed by atoms with Crippen molar-refractivity contribution in [1.82, 2.24) is 20.1 Å². The molecule has 72 valence electrons. The van der Waals surface area contributed by atoms with Crippen molar-refractivity contribution < 1.29 is 4.52 Å². The molecule has 14 heavy (non-hydrogen) atoms. The van der Waals surface area contributed by atoms with Gasteiger partial charge in [0.25, 0.3) is 0 Å². The molecular formula is C7H8N6O. The van der Waals surface area contributed by atoms with Crippen LogP contribution in [0.4, 0.5) is 11.8 Å².